The Morgan fingerprint density at radius 1 is 0.219 bits per heavy atom. The highest BCUT2D eigenvalue weighted by molar-refractivity contribution is 7.26. The Morgan fingerprint density at radius 3 is 1.11 bits per heavy atom. The molecule has 0 fully saturated rings. The average molecular weight is 1490 g/mol. The number of hydrogen-bond donors (Lipinski definition) is 0. The minimum absolute atomic E-state index is 0.511. The molecule has 6 aromatic heterocycles. The van der Waals surface area contributed by atoms with Crippen LogP contribution in [0, 0.1) is 11.3 Å². The molecule has 0 bridgehead atoms. The van der Waals surface area contributed by atoms with Gasteiger partial charge in [0.1, 0.15) is 0 Å². The summed E-state index contributed by atoms with van der Waals surface area (Å²) in [5, 5.41) is 20.5. The Bertz CT molecular complexity index is 7450. The number of aromatic nitrogens is 8. The lowest BCUT2D eigenvalue weighted by molar-refractivity contribution is 1.06. The molecule has 22 rings (SSSR count). The molecule has 6 heterocycles. The van der Waals surface area contributed by atoms with E-state index in [0.717, 1.165) is 164 Å². The Balaban J connectivity index is 0.782. The number of fused-ring (bicyclic) bond motifs is 12. The van der Waals surface area contributed by atoms with Gasteiger partial charge in [0.15, 0.2) is 34.9 Å². The largest absolute Gasteiger partial charge is 0.308 e. The maximum Gasteiger partial charge on any atom is 0.166 e. The predicted octanol–water partition coefficient (Wildman–Crippen LogP) is 27.2. The highest BCUT2D eigenvalue weighted by Crippen LogP contribution is 2.51. The fraction of sp³-hybridized carbons (Fsp3) is 0. The fourth-order valence-electron chi connectivity index (χ4n) is 16.8. The van der Waals surface area contributed by atoms with Gasteiger partial charge in [0.05, 0.1) is 45.1 Å². The van der Waals surface area contributed by atoms with E-state index >= 15 is 0 Å². The van der Waals surface area contributed by atoms with E-state index in [-0.39, 0.29) is 0 Å². The van der Waals surface area contributed by atoms with Gasteiger partial charge in [-0.2, -0.15) is 5.26 Å². The Labute approximate surface area is 663 Å². The zero-order chi connectivity index (χ0) is 75.3. The van der Waals surface area contributed by atoms with E-state index in [1.807, 2.05) is 72.8 Å². The molecule has 0 aliphatic carbocycles. The first-order valence-corrected chi connectivity index (χ1v) is 39.7. The van der Waals surface area contributed by atoms with Gasteiger partial charge < -0.3 is 9.13 Å². The number of nitriles is 1. The number of nitrogens with zero attached hydrogens (tertiary/aromatic N) is 9. The first-order valence-electron chi connectivity index (χ1n) is 38.0. The summed E-state index contributed by atoms with van der Waals surface area (Å²) < 4.78 is 9.40. The summed E-state index contributed by atoms with van der Waals surface area (Å²) in [6, 6.07) is 133. The van der Waals surface area contributed by atoms with Gasteiger partial charge in [0, 0.05) is 101 Å². The van der Waals surface area contributed by atoms with Crippen molar-refractivity contribution >= 4 is 107 Å². The van der Waals surface area contributed by atoms with Crippen LogP contribution in [-0.4, -0.2) is 39.0 Å². The van der Waals surface area contributed by atoms with Crippen LogP contribution in [0.2, 0.25) is 0 Å². The third-order valence-corrected chi connectivity index (χ3v) is 24.4. The van der Waals surface area contributed by atoms with Crippen LogP contribution in [0.15, 0.2) is 370 Å². The van der Waals surface area contributed by atoms with Crippen molar-refractivity contribution in [2.24, 2.45) is 0 Å². The molecule has 0 saturated heterocycles. The van der Waals surface area contributed by atoms with Crippen LogP contribution in [0.5, 0.6) is 0 Å². The second kappa shape index (κ2) is 27.3. The Kier molecular flexibility index (Phi) is 15.8. The maximum absolute atomic E-state index is 11.6. The Morgan fingerprint density at radius 2 is 0.605 bits per heavy atom. The van der Waals surface area contributed by atoms with E-state index in [9.17, 15) is 5.26 Å². The quantitative estimate of drug-likeness (QED) is 0.113. The number of benzene rings is 16. The van der Waals surface area contributed by atoms with Gasteiger partial charge in [0.25, 0.3) is 0 Å². The van der Waals surface area contributed by atoms with Crippen LogP contribution in [0.3, 0.4) is 0 Å². The molecular weight excluding hydrogens is 1430 g/mol. The minimum atomic E-state index is 0.511. The van der Waals surface area contributed by atoms with Gasteiger partial charge in [-0.15, -0.1) is 22.7 Å². The van der Waals surface area contributed by atoms with E-state index < -0.39 is 0 Å². The van der Waals surface area contributed by atoms with Crippen LogP contribution in [0.25, 0.3) is 219 Å². The predicted molar refractivity (Wildman–Crippen MR) is 472 cm³/mol. The highest BCUT2D eigenvalue weighted by Gasteiger charge is 2.28. The molecule has 16 aromatic carbocycles. The molecule has 0 atom stereocenters. The molecule has 0 unspecified atom stereocenters. The second-order valence-corrected chi connectivity index (χ2v) is 30.8. The van der Waals surface area contributed by atoms with Gasteiger partial charge in [0.2, 0.25) is 0 Å². The third kappa shape index (κ3) is 11.2. The van der Waals surface area contributed by atoms with Crippen molar-refractivity contribution in [2.45, 2.75) is 0 Å². The summed E-state index contributed by atoms with van der Waals surface area (Å²) >= 11 is 3.58. The van der Waals surface area contributed by atoms with Crippen molar-refractivity contribution in [3.05, 3.63) is 376 Å². The van der Waals surface area contributed by atoms with Crippen LogP contribution < -0.4 is 0 Å². The zero-order valence-corrected chi connectivity index (χ0v) is 62.7. The molecule has 9 nitrogen and oxygen atoms in total. The van der Waals surface area contributed by atoms with E-state index in [2.05, 4.69) is 312 Å². The molecule has 530 valence electrons. The van der Waals surface area contributed by atoms with Gasteiger partial charge in [-0.1, -0.05) is 285 Å². The number of thiophene rings is 2. The molecular formula is C103H61N9S2. The van der Waals surface area contributed by atoms with E-state index in [4.69, 9.17) is 29.9 Å². The second-order valence-electron chi connectivity index (χ2n) is 28.7. The first kappa shape index (κ1) is 66.1. The molecule has 11 heteroatoms. The lowest BCUT2D eigenvalue weighted by Gasteiger charge is -2.18. The molecule has 22 aromatic rings. The lowest BCUT2D eigenvalue weighted by Crippen LogP contribution is -2.04. The van der Waals surface area contributed by atoms with Gasteiger partial charge in [-0.25, -0.2) is 29.9 Å². The monoisotopic (exact) mass is 1490 g/mol. The fourth-order valence-corrected chi connectivity index (χ4v) is 19.2. The summed E-state index contributed by atoms with van der Waals surface area (Å²) in [6.07, 6.45) is 0. The number of para-hydroxylation sites is 1. The summed E-state index contributed by atoms with van der Waals surface area (Å²) in [5.74, 6) is 3.28. The van der Waals surface area contributed by atoms with Crippen molar-refractivity contribution in [3.8, 4) is 141 Å². The smallest absolute Gasteiger partial charge is 0.166 e. The van der Waals surface area contributed by atoms with Gasteiger partial charge in [-0.3, -0.25) is 0 Å². The molecule has 0 aliphatic rings. The van der Waals surface area contributed by atoms with Crippen molar-refractivity contribution in [3.63, 3.8) is 0 Å². The van der Waals surface area contributed by atoms with Gasteiger partial charge in [-0.05, 0) is 135 Å². The van der Waals surface area contributed by atoms with Crippen molar-refractivity contribution in [2.75, 3.05) is 0 Å². The Hall–Kier alpha value is -14.9. The standard InChI is InChI=1S/C103H61N9S2/c104-62-63-56-82(94-77-38-19-22-42-85(77)112(90(94)57-63)89-55-48-72(74-41-25-45-93-95(74)78-39-20-23-43-91(78)113-93)60-84(89)103-109-100(68-34-15-5-16-35-68)106-101(110-103)69-36-17-6-18-37-69)76-51-50-75(96-79-40-21-24-44-92(79)114-97(76)96)73-49-54-88(83(61-73)102-107-98(66-30-11-3-12-31-66)105-99(108-102)67-32-13-4-14-33-67)111-86-52-46-70(64-26-7-1-8-27-64)58-80(86)81-59-71(47-53-87(81)111)65-28-9-2-10-29-65/h1-61H. The van der Waals surface area contributed by atoms with E-state index in [1.54, 1.807) is 22.7 Å². The molecule has 0 N–H and O–H groups in total. The molecule has 0 aliphatic heterocycles. The van der Waals surface area contributed by atoms with E-state index in [1.165, 1.54) is 20.2 Å². The van der Waals surface area contributed by atoms with Crippen LogP contribution in [0.1, 0.15) is 5.56 Å². The summed E-state index contributed by atoms with van der Waals surface area (Å²) in [6.45, 7) is 0. The SMILES string of the molecule is N#Cc1cc(-c2ccc(-c3ccc(-n4c5ccc(-c6ccccc6)cc5c5cc(-c6ccccc6)ccc54)c(-c4nc(-c5ccccc5)nc(-c5ccccc5)n4)c3)c3c2sc2ccccc23)c2c3ccccc3n(-c3ccc(-c4cccc5sc6ccccc6c45)cc3-c3nc(-c4ccccc4)nc(-c4ccccc4)n3)c2c1. The molecule has 0 saturated carbocycles. The summed E-state index contributed by atoms with van der Waals surface area (Å²) in [5.41, 5.74) is 21.9. The molecule has 0 radical (unpaired) electrons. The summed E-state index contributed by atoms with van der Waals surface area (Å²) in [4.78, 5) is 32.5. The van der Waals surface area contributed by atoms with Crippen LogP contribution in [0.4, 0.5) is 0 Å². The van der Waals surface area contributed by atoms with Crippen molar-refractivity contribution < 1.29 is 0 Å². The topological polar surface area (TPSA) is 111 Å². The van der Waals surface area contributed by atoms with Gasteiger partial charge >= 0.3 is 0 Å². The molecule has 0 spiro atoms. The van der Waals surface area contributed by atoms with E-state index in [0.29, 0.717) is 40.5 Å². The van der Waals surface area contributed by atoms with Crippen LogP contribution >= 0.6 is 22.7 Å². The number of rotatable bonds is 13. The highest BCUT2D eigenvalue weighted by atomic mass is 32.1. The summed E-state index contributed by atoms with van der Waals surface area (Å²) in [7, 11) is 0. The zero-order valence-electron chi connectivity index (χ0n) is 61.1. The lowest BCUT2D eigenvalue weighted by atomic mass is 9.91. The van der Waals surface area contributed by atoms with Crippen molar-refractivity contribution in [1.29, 1.82) is 5.26 Å². The normalized spacial score (nSPS) is 11.7. The maximum atomic E-state index is 11.6. The van der Waals surface area contributed by atoms with Crippen LogP contribution in [-0.2, 0) is 0 Å². The third-order valence-electron chi connectivity index (χ3n) is 22.1. The molecule has 0 amide bonds. The molecule has 114 heavy (non-hydrogen) atoms. The first-order chi connectivity index (χ1) is 56.5. The number of hydrogen-bond acceptors (Lipinski definition) is 9. The minimum Gasteiger partial charge on any atom is -0.308 e. The average Bonchev–Trinajstić information content (AvgIpc) is 1.55. The van der Waals surface area contributed by atoms with Crippen molar-refractivity contribution in [1.82, 2.24) is 39.0 Å².